The molecule has 0 radical (unpaired) electrons. The molecule has 1 aromatic carbocycles. The average molecular weight is 329 g/mol. The number of aryl methyl sites for hydroxylation is 1. The molecule has 2 heterocycles. The van der Waals surface area contributed by atoms with E-state index in [1.54, 1.807) is 4.68 Å². The lowest BCUT2D eigenvalue weighted by Gasteiger charge is -2.00. The van der Waals surface area contributed by atoms with Gasteiger partial charge in [-0.15, -0.1) is 5.10 Å². The van der Waals surface area contributed by atoms with Crippen molar-refractivity contribution in [1.82, 2.24) is 20.0 Å². The number of thiazole rings is 1. The summed E-state index contributed by atoms with van der Waals surface area (Å²) in [5.41, 5.74) is 1.83. The predicted octanol–water partition coefficient (Wildman–Crippen LogP) is 3.26. The molecule has 0 saturated carbocycles. The fourth-order valence-electron chi connectivity index (χ4n) is 2.32. The van der Waals surface area contributed by atoms with E-state index in [9.17, 15) is 4.79 Å². The van der Waals surface area contributed by atoms with E-state index >= 15 is 0 Å². The lowest BCUT2D eigenvalue weighted by molar-refractivity contribution is -0.116. The Morgan fingerprint density at radius 2 is 2.17 bits per heavy atom. The Hall–Kier alpha value is -2.28. The van der Waals surface area contributed by atoms with Crippen LogP contribution in [0.3, 0.4) is 0 Å². The largest absolute Gasteiger partial charge is 0.300 e. The van der Waals surface area contributed by atoms with E-state index in [1.807, 2.05) is 30.5 Å². The van der Waals surface area contributed by atoms with Crippen LogP contribution in [0.15, 0.2) is 30.5 Å². The van der Waals surface area contributed by atoms with Crippen molar-refractivity contribution in [2.75, 3.05) is 5.32 Å². The average Bonchev–Trinajstić information content (AvgIpc) is 3.13. The van der Waals surface area contributed by atoms with Crippen molar-refractivity contribution in [2.45, 2.75) is 39.2 Å². The first kappa shape index (κ1) is 15.6. The van der Waals surface area contributed by atoms with E-state index in [0.29, 0.717) is 5.13 Å². The monoisotopic (exact) mass is 329 g/mol. The molecule has 120 valence electrons. The molecule has 2 aromatic heterocycles. The zero-order valence-corrected chi connectivity index (χ0v) is 13.8. The number of carbonyl (C=O) groups excluding carboxylic acids is 1. The van der Waals surface area contributed by atoms with E-state index in [1.165, 1.54) is 24.2 Å². The van der Waals surface area contributed by atoms with Gasteiger partial charge in [0.15, 0.2) is 5.13 Å². The third-order valence-corrected chi connectivity index (χ3v) is 4.42. The Morgan fingerprint density at radius 3 is 3.00 bits per heavy atom. The fourth-order valence-corrected chi connectivity index (χ4v) is 3.20. The quantitative estimate of drug-likeness (QED) is 0.675. The molecule has 0 fully saturated rings. The van der Waals surface area contributed by atoms with Gasteiger partial charge in [0.1, 0.15) is 6.54 Å². The summed E-state index contributed by atoms with van der Waals surface area (Å²) in [6.45, 7) is 2.32. The maximum atomic E-state index is 12.1. The topological polar surface area (TPSA) is 72.7 Å². The van der Waals surface area contributed by atoms with Crippen LogP contribution in [-0.4, -0.2) is 25.9 Å². The van der Waals surface area contributed by atoms with Crippen LogP contribution >= 0.6 is 11.3 Å². The van der Waals surface area contributed by atoms with Gasteiger partial charge in [-0.05, 0) is 25.0 Å². The Kier molecular flexibility index (Phi) is 4.97. The van der Waals surface area contributed by atoms with Crippen molar-refractivity contribution in [1.29, 1.82) is 0 Å². The van der Waals surface area contributed by atoms with Crippen molar-refractivity contribution in [3.63, 3.8) is 0 Å². The molecule has 0 bridgehead atoms. The van der Waals surface area contributed by atoms with Crippen LogP contribution in [0.2, 0.25) is 0 Å². The molecule has 0 spiro atoms. The predicted molar refractivity (Wildman–Crippen MR) is 91.5 cm³/mol. The maximum Gasteiger partial charge on any atom is 0.247 e. The highest BCUT2D eigenvalue weighted by Gasteiger charge is 2.09. The highest BCUT2D eigenvalue weighted by molar-refractivity contribution is 7.22. The van der Waals surface area contributed by atoms with Gasteiger partial charge in [0, 0.05) is 6.20 Å². The molecule has 23 heavy (non-hydrogen) atoms. The minimum atomic E-state index is -0.144. The van der Waals surface area contributed by atoms with E-state index in [4.69, 9.17) is 0 Å². The highest BCUT2D eigenvalue weighted by Crippen LogP contribution is 2.25. The second-order valence-electron chi connectivity index (χ2n) is 5.40. The number of rotatable bonds is 7. The van der Waals surface area contributed by atoms with Gasteiger partial charge in [0.2, 0.25) is 5.91 Å². The zero-order chi connectivity index (χ0) is 16.1. The minimum Gasteiger partial charge on any atom is -0.300 e. The molecule has 0 aliphatic heterocycles. The summed E-state index contributed by atoms with van der Waals surface area (Å²) in [5, 5.41) is 11.5. The molecule has 0 aliphatic carbocycles. The highest BCUT2D eigenvalue weighted by atomic mass is 32.1. The SMILES string of the molecule is CCCCCc1cn(CC(=O)Nc2nc3ccccc3s2)nn1. The first-order valence-corrected chi connectivity index (χ1v) is 8.60. The van der Waals surface area contributed by atoms with Gasteiger partial charge in [0.25, 0.3) is 0 Å². The number of aromatic nitrogens is 4. The second kappa shape index (κ2) is 7.32. The number of nitrogens with one attached hydrogen (secondary N) is 1. The first-order chi connectivity index (χ1) is 11.2. The molecule has 0 saturated heterocycles. The normalized spacial score (nSPS) is 11.0. The number of hydrogen-bond acceptors (Lipinski definition) is 5. The fraction of sp³-hybridized carbons (Fsp3) is 0.375. The standard InChI is InChI=1S/C16H19N5OS/c1-2-3-4-7-12-10-21(20-19-12)11-15(22)18-16-17-13-8-5-6-9-14(13)23-16/h5-6,8-10H,2-4,7,11H2,1H3,(H,17,18,22). The number of para-hydroxylation sites is 1. The van der Waals surface area contributed by atoms with Gasteiger partial charge >= 0.3 is 0 Å². The molecule has 3 aromatic rings. The van der Waals surface area contributed by atoms with Crippen molar-refractivity contribution >= 4 is 32.6 Å². The maximum absolute atomic E-state index is 12.1. The molecule has 6 nitrogen and oxygen atoms in total. The summed E-state index contributed by atoms with van der Waals surface area (Å²) >= 11 is 1.47. The number of fused-ring (bicyclic) bond motifs is 1. The number of amides is 1. The Labute approximate surface area is 138 Å². The number of anilines is 1. The van der Waals surface area contributed by atoms with Crippen LogP contribution in [-0.2, 0) is 17.8 Å². The molecular formula is C16H19N5OS. The van der Waals surface area contributed by atoms with Crippen molar-refractivity contribution in [2.24, 2.45) is 0 Å². The van der Waals surface area contributed by atoms with Crippen molar-refractivity contribution in [3.05, 3.63) is 36.2 Å². The van der Waals surface area contributed by atoms with Gasteiger partial charge in [-0.1, -0.05) is 48.4 Å². The molecule has 3 rings (SSSR count). The van der Waals surface area contributed by atoms with Crippen LogP contribution < -0.4 is 5.32 Å². The van der Waals surface area contributed by atoms with Crippen LogP contribution in [0, 0.1) is 0 Å². The molecule has 0 unspecified atom stereocenters. The van der Waals surface area contributed by atoms with Crippen molar-refractivity contribution in [3.8, 4) is 0 Å². The van der Waals surface area contributed by atoms with Gasteiger partial charge < -0.3 is 5.32 Å². The van der Waals surface area contributed by atoms with Crippen LogP contribution in [0.4, 0.5) is 5.13 Å². The summed E-state index contributed by atoms with van der Waals surface area (Å²) < 4.78 is 2.63. The Morgan fingerprint density at radius 1 is 1.30 bits per heavy atom. The van der Waals surface area contributed by atoms with Crippen LogP contribution in [0.25, 0.3) is 10.2 Å². The van der Waals surface area contributed by atoms with Gasteiger partial charge in [-0.3, -0.25) is 4.79 Å². The van der Waals surface area contributed by atoms with Crippen LogP contribution in [0.1, 0.15) is 31.9 Å². The smallest absolute Gasteiger partial charge is 0.247 e. The van der Waals surface area contributed by atoms with Gasteiger partial charge in [-0.2, -0.15) is 0 Å². The van der Waals surface area contributed by atoms with E-state index in [2.05, 4.69) is 27.5 Å². The van der Waals surface area contributed by atoms with Crippen LogP contribution in [0.5, 0.6) is 0 Å². The molecule has 0 aliphatic rings. The summed E-state index contributed by atoms with van der Waals surface area (Å²) in [6.07, 6.45) is 6.22. The van der Waals surface area contributed by atoms with E-state index in [-0.39, 0.29) is 12.5 Å². The summed E-state index contributed by atoms with van der Waals surface area (Å²) in [6, 6.07) is 7.81. The second-order valence-corrected chi connectivity index (χ2v) is 6.43. The number of unbranched alkanes of at least 4 members (excludes halogenated alkanes) is 2. The summed E-state index contributed by atoms with van der Waals surface area (Å²) in [5.74, 6) is -0.144. The zero-order valence-electron chi connectivity index (χ0n) is 13.0. The Bertz CT molecular complexity index is 761. The summed E-state index contributed by atoms with van der Waals surface area (Å²) in [7, 11) is 0. The number of hydrogen-bond donors (Lipinski definition) is 1. The lowest BCUT2D eigenvalue weighted by atomic mass is 10.2. The van der Waals surface area contributed by atoms with E-state index < -0.39 is 0 Å². The Balaban J connectivity index is 1.56. The number of benzene rings is 1. The van der Waals surface area contributed by atoms with Gasteiger partial charge in [0.05, 0.1) is 15.9 Å². The molecule has 7 heteroatoms. The summed E-state index contributed by atoms with van der Waals surface area (Å²) in [4.78, 5) is 16.5. The first-order valence-electron chi connectivity index (χ1n) is 7.79. The third kappa shape index (κ3) is 4.13. The lowest BCUT2D eigenvalue weighted by Crippen LogP contribution is -2.19. The number of nitrogens with zero attached hydrogens (tertiary/aromatic N) is 4. The minimum absolute atomic E-state index is 0.144. The van der Waals surface area contributed by atoms with Crippen molar-refractivity contribution < 1.29 is 4.79 Å². The molecule has 1 N–H and O–H groups in total. The molecular weight excluding hydrogens is 310 g/mol. The van der Waals surface area contributed by atoms with Gasteiger partial charge in [-0.25, -0.2) is 9.67 Å². The molecule has 1 amide bonds. The van der Waals surface area contributed by atoms with E-state index in [0.717, 1.165) is 28.8 Å². The third-order valence-electron chi connectivity index (χ3n) is 3.47. The number of carbonyl (C=O) groups is 1. The molecule has 0 atom stereocenters.